The van der Waals surface area contributed by atoms with E-state index >= 15 is 0 Å². The number of carbonyl (C=O) groups is 1. The van der Waals surface area contributed by atoms with Gasteiger partial charge < -0.3 is 15.7 Å². The number of aliphatic hydroxyl groups is 1. The third kappa shape index (κ3) is 4.06. The zero-order valence-electron chi connectivity index (χ0n) is 14.2. The van der Waals surface area contributed by atoms with Gasteiger partial charge in [-0.3, -0.25) is 0 Å². The Morgan fingerprint density at radius 3 is 2.83 bits per heavy atom. The summed E-state index contributed by atoms with van der Waals surface area (Å²) in [6.45, 7) is 2.64. The first kappa shape index (κ1) is 16.8. The molecular formula is C20H26N2O2. The molecule has 0 spiro atoms. The quantitative estimate of drug-likeness (QED) is 0.801. The number of nitrogens with one attached hydrogen (secondary N) is 2. The van der Waals surface area contributed by atoms with Crippen LogP contribution in [0.25, 0.3) is 10.8 Å². The van der Waals surface area contributed by atoms with Crippen molar-refractivity contribution in [2.75, 3.05) is 6.54 Å². The Hall–Kier alpha value is -2.07. The molecule has 4 heteroatoms. The van der Waals surface area contributed by atoms with Crippen LogP contribution in [0.1, 0.15) is 44.2 Å². The third-order valence-electron chi connectivity index (χ3n) is 4.94. The van der Waals surface area contributed by atoms with E-state index in [1.807, 2.05) is 25.1 Å². The molecule has 1 saturated carbocycles. The number of rotatable bonds is 4. The van der Waals surface area contributed by atoms with Crippen LogP contribution in [0.2, 0.25) is 0 Å². The highest BCUT2D eigenvalue weighted by atomic mass is 16.3. The first-order valence-corrected chi connectivity index (χ1v) is 8.83. The molecule has 3 N–H and O–H groups in total. The maximum atomic E-state index is 12.2. The number of fused-ring (bicyclic) bond motifs is 1. The lowest BCUT2D eigenvalue weighted by Crippen LogP contribution is -2.40. The molecule has 0 radical (unpaired) electrons. The Bertz CT molecular complexity index is 696. The molecule has 0 saturated heterocycles. The van der Waals surface area contributed by atoms with E-state index in [1.165, 1.54) is 10.8 Å². The highest BCUT2D eigenvalue weighted by Crippen LogP contribution is 2.25. The van der Waals surface area contributed by atoms with Gasteiger partial charge in [0.2, 0.25) is 0 Å². The molecule has 24 heavy (non-hydrogen) atoms. The number of benzene rings is 2. The van der Waals surface area contributed by atoms with Gasteiger partial charge in [-0.15, -0.1) is 0 Å². The molecule has 2 amide bonds. The molecule has 2 aromatic carbocycles. The summed E-state index contributed by atoms with van der Waals surface area (Å²) in [5.41, 5.74) is 1.12. The van der Waals surface area contributed by atoms with Crippen LogP contribution in [-0.2, 0) is 0 Å². The molecule has 0 aliphatic heterocycles. The van der Waals surface area contributed by atoms with Crippen molar-refractivity contribution < 1.29 is 9.90 Å². The number of hydrogen-bond acceptors (Lipinski definition) is 2. The largest absolute Gasteiger partial charge is 0.393 e. The maximum Gasteiger partial charge on any atom is 0.315 e. The molecule has 1 fully saturated rings. The maximum absolute atomic E-state index is 12.2. The van der Waals surface area contributed by atoms with E-state index in [0.717, 1.165) is 31.2 Å². The summed E-state index contributed by atoms with van der Waals surface area (Å²) < 4.78 is 0. The summed E-state index contributed by atoms with van der Waals surface area (Å²) in [4.78, 5) is 12.2. The smallest absolute Gasteiger partial charge is 0.315 e. The number of hydrogen-bond donors (Lipinski definition) is 3. The van der Waals surface area contributed by atoms with E-state index in [4.69, 9.17) is 0 Å². The average Bonchev–Trinajstić information content (AvgIpc) is 2.59. The van der Waals surface area contributed by atoms with Gasteiger partial charge in [-0.1, -0.05) is 48.9 Å². The van der Waals surface area contributed by atoms with Gasteiger partial charge >= 0.3 is 6.03 Å². The second-order valence-electron chi connectivity index (χ2n) is 6.83. The number of urea groups is 1. The minimum atomic E-state index is -0.205. The van der Waals surface area contributed by atoms with Gasteiger partial charge in [0.15, 0.2) is 0 Å². The zero-order valence-corrected chi connectivity index (χ0v) is 14.2. The van der Waals surface area contributed by atoms with Gasteiger partial charge in [0.05, 0.1) is 12.1 Å². The Balaban J connectivity index is 1.57. The van der Waals surface area contributed by atoms with Crippen molar-refractivity contribution >= 4 is 16.8 Å². The lowest BCUT2D eigenvalue weighted by molar-refractivity contribution is 0.101. The van der Waals surface area contributed by atoms with Gasteiger partial charge in [0.25, 0.3) is 0 Å². The summed E-state index contributed by atoms with van der Waals surface area (Å²) in [6, 6.07) is 14.2. The monoisotopic (exact) mass is 326 g/mol. The minimum absolute atomic E-state index is 0.0620. The van der Waals surface area contributed by atoms with E-state index in [1.54, 1.807) is 0 Å². The molecule has 3 atom stereocenters. The summed E-state index contributed by atoms with van der Waals surface area (Å²) >= 11 is 0. The number of amides is 2. The molecule has 3 unspecified atom stereocenters. The predicted octanol–water partition coefficient (Wildman–Crippen LogP) is 3.75. The van der Waals surface area contributed by atoms with E-state index in [9.17, 15) is 9.90 Å². The highest BCUT2D eigenvalue weighted by molar-refractivity contribution is 5.86. The van der Waals surface area contributed by atoms with E-state index in [-0.39, 0.29) is 18.2 Å². The van der Waals surface area contributed by atoms with Crippen molar-refractivity contribution in [3.63, 3.8) is 0 Å². The zero-order chi connectivity index (χ0) is 16.9. The van der Waals surface area contributed by atoms with Crippen molar-refractivity contribution in [2.45, 2.75) is 44.8 Å². The SMILES string of the molecule is CC(NC(=O)NCC1CCCC(O)C1)c1cccc2ccccc12. The normalized spacial score (nSPS) is 22.1. The molecule has 3 rings (SSSR count). The minimum Gasteiger partial charge on any atom is -0.393 e. The first-order chi connectivity index (χ1) is 11.6. The number of aliphatic hydroxyl groups excluding tert-OH is 1. The van der Waals surface area contributed by atoms with Crippen LogP contribution in [0.4, 0.5) is 4.79 Å². The van der Waals surface area contributed by atoms with Crippen LogP contribution < -0.4 is 10.6 Å². The Morgan fingerprint density at radius 1 is 1.21 bits per heavy atom. The molecule has 0 bridgehead atoms. The molecule has 1 aliphatic carbocycles. The van der Waals surface area contributed by atoms with Gasteiger partial charge in [-0.05, 0) is 48.4 Å². The van der Waals surface area contributed by atoms with E-state index in [2.05, 4.69) is 34.9 Å². The summed E-state index contributed by atoms with van der Waals surface area (Å²) in [5.74, 6) is 0.382. The topological polar surface area (TPSA) is 61.4 Å². The van der Waals surface area contributed by atoms with Gasteiger partial charge in [-0.25, -0.2) is 4.79 Å². The lowest BCUT2D eigenvalue weighted by atomic mass is 9.87. The summed E-state index contributed by atoms with van der Waals surface area (Å²) in [7, 11) is 0. The van der Waals surface area contributed by atoms with Crippen LogP contribution in [0.15, 0.2) is 42.5 Å². The van der Waals surface area contributed by atoms with E-state index in [0.29, 0.717) is 12.5 Å². The highest BCUT2D eigenvalue weighted by Gasteiger charge is 2.21. The summed E-state index contributed by atoms with van der Waals surface area (Å²) in [6.07, 6.45) is 3.60. The molecule has 0 aromatic heterocycles. The third-order valence-corrected chi connectivity index (χ3v) is 4.94. The van der Waals surface area contributed by atoms with Crippen LogP contribution in [0.3, 0.4) is 0 Å². The van der Waals surface area contributed by atoms with Gasteiger partial charge in [0.1, 0.15) is 0 Å². The fourth-order valence-corrected chi connectivity index (χ4v) is 3.64. The summed E-state index contributed by atoms with van der Waals surface area (Å²) in [5, 5.41) is 18.0. The molecule has 0 heterocycles. The molecule has 128 valence electrons. The van der Waals surface area contributed by atoms with Gasteiger partial charge in [0, 0.05) is 6.54 Å². The Labute approximate surface area is 143 Å². The van der Waals surface area contributed by atoms with Crippen molar-refractivity contribution in [3.8, 4) is 0 Å². The van der Waals surface area contributed by atoms with Crippen LogP contribution >= 0.6 is 0 Å². The van der Waals surface area contributed by atoms with Crippen LogP contribution in [0.5, 0.6) is 0 Å². The van der Waals surface area contributed by atoms with Crippen LogP contribution in [0, 0.1) is 5.92 Å². The van der Waals surface area contributed by atoms with Crippen molar-refractivity contribution in [1.82, 2.24) is 10.6 Å². The van der Waals surface area contributed by atoms with Crippen molar-refractivity contribution in [1.29, 1.82) is 0 Å². The fraction of sp³-hybridized carbons (Fsp3) is 0.450. The molecule has 2 aromatic rings. The first-order valence-electron chi connectivity index (χ1n) is 8.83. The predicted molar refractivity (Wildman–Crippen MR) is 96.9 cm³/mol. The molecular weight excluding hydrogens is 300 g/mol. The lowest BCUT2D eigenvalue weighted by Gasteiger charge is -2.26. The van der Waals surface area contributed by atoms with Crippen molar-refractivity contribution in [3.05, 3.63) is 48.0 Å². The second-order valence-corrected chi connectivity index (χ2v) is 6.83. The fourth-order valence-electron chi connectivity index (χ4n) is 3.64. The Morgan fingerprint density at radius 2 is 2.00 bits per heavy atom. The van der Waals surface area contributed by atoms with Gasteiger partial charge in [-0.2, -0.15) is 0 Å². The van der Waals surface area contributed by atoms with E-state index < -0.39 is 0 Å². The number of carbonyl (C=O) groups excluding carboxylic acids is 1. The molecule has 1 aliphatic rings. The van der Waals surface area contributed by atoms with Crippen molar-refractivity contribution in [2.24, 2.45) is 5.92 Å². The second kappa shape index (κ2) is 7.67. The standard InChI is InChI=1S/C20H26N2O2/c1-14(18-11-5-8-16-7-2-3-10-19(16)18)22-20(24)21-13-15-6-4-9-17(23)12-15/h2-3,5,7-8,10-11,14-15,17,23H,4,6,9,12-13H2,1H3,(H2,21,22,24). The average molecular weight is 326 g/mol. The molecule has 4 nitrogen and oxygen atoms in total. The van der Waals surface area contributed by atoms with Crippen LogP contribution in [-0.4, -0.2) is 23.8 Å². The Kier molecular flexibility index (Phi) is 5.36.